The summed E-state index contributed by atoms with van der Waals surface area (Å²) in [5.74, 6) is 0.561. The topological polar surface area (TPSA) is 9.86 Å². The van der Waals surface area contributed by atoms with Crippen LogP contribution in [0.15, 0.2) is 140 Å². The van der Waals surface area contributed by atoms with Crippen LogP contribution in [0.25, 0.3) is 72.4 Å². The highest BCUT2D eigenvalue weighted by atomic mass is 15.0. The van der Waals surface area contributed by atoms with Gasteiger partial charge in [0.05, 0.1) is 16.6 Å². The Morgan fingerprint density at radius 1 is 0.522 bits per heavy atom. The lowest BCUT2D eigenvalue weighted by molar-refractivity contribution is 0.718. The summed E-state index contributed by atoms with van der Waals surface area (Å²) in [5.41, 5.74) is 17.0. The molecule has 6 aromatic carbocycles. The Labute approximate surface area is 268 Å². The van der Waals surface area contributed by atoms with Gasteiger partial charge in [0.1, 0.15) is 0 Å². The summed E-state index contributed by atoms with van der Waals surface area (Å²) >= 11 is 0. The van der Waals surface area contributed by atoms with Gasteiger partial charge < -0.3 is 9.13 Å². The van der Waals surface area contributed by atoms with Gasteiger partial charge in [-0.2, -0.15) is 0 Å². The summed E-state index contributed by atoms with van der Waals surface area (Å²) in [6, 6.07) is 49.5. The third kappa shape index (κ3) is 3.71. The summed E-state index contributed by atoms with van der Waals surface area (Å²) in [7, 11) is 0. The lowest BCUT2D eigenvalue weighted by atomic mass is 9.93. The van der Waals surface area contributed by atoms with Crippen LogP contribution >= 0.6 is 0 Å². The van der Waals surface area contributed by atoms with E-state index in [4.69, 9.17) is 0 Å². The van der Waals surface area contributed by atoms with E-state index >= 15 is 0 Å². The third-order valence-corrected chi connectivity index (χ3v) is 10.3. The monoisotopic (exact) mass is 588 g/mol. The van der Waals surface area contributed by atoms with Crippen molar-refractivity contribution in [2.45, 2.75) is 19.8 Å². The second kappa shape index (κ2) is 9.70. The first-order chi connectivity index (χ1) is 22.7. The smallest absolute Gasteiger partial charge is 0.0541 e. The molecule has 0 bridgehead atoms. The van der Waals surface area contributed by atoms with Gasteiger partial charge in [0.25, 0.3) is 0 Å². The molecular formula is C44H32N2. The average molecular weight is 589 g/mol. The minimum absolute atomic E-state index is 0.561. The molecule has 218 valence electrons. The molecule has 0 N–H and O–H groups in total. The molecule has 10 rings (SSSR count). The number of rotatable bonds is 3. The van der Waals surface area contributed by atoms with Crippen molar-refractivity contribution in [3.8, 4) is 33.6 Å². The lowest BCUT2D eigenvalue weighted by Crippen LogP contribution is -2.05. The minimum atomic E-state index is 0.561. The molecule has 0 fully saturated rings. The second-order valence-corrected chi connectivity index (χ2v) is 13.1. The number of hydrogen-bond donors (Lipinski definition) is 0. The summed E-state index contributed by atoms with van der Waals surface area (Å²) in [6.07, 6.45) is 6.77. The van der Waals surface area contributed by atoms with Gasteiger partial charge in [0, 0.05) is 33.2 Å². The van der Waals surface area contributed by atoms with Crippen molar-refractivity contribution in [1.82, 2.24) is 9.13 Å². The molecule has 2 aliphatic rings. The van der Waals surface area contributed by atoms with Crippen molar-refractivity contribution in [3.63, 3.8) is 0 Å². The molecule has 2 nitrogen and oxygen atoms in total. The molecule has 1 unspecified atom stereocenters. The molecule has 0 aliphatic heterocycles. The van der Waals surface area contributed by atoms with E-state index in [9.17, 15) is 0 Å². The molecular weight excluding hydrogens is 556 g/mol. The maximum absolute atomic E-state index is 2.48. The van der Waals surface area contributed by atoms with Crippen LogP contribution in [0.3, 0.4) is 0 Å². The van der Waals surface area contributed by atoms with Gasteiger partial charge in [-0.15, -0.1) is 0 Å². The van der Waals surface area contributed by atoms with Crippen molar-refractivity contribution >= 4 is 38.8 Å². The van der Waals surface area contributed by atoms with Crippen LogP contribution in [-0.2, 0) is 12.8 Å². The second-order valence-electron chi connectivity index (χ2n) is 13.1. The molecule has 0 saturated carbocycles. The molecule has 46 heavy (non-hydrogen) atoms. The highest BCUT2D eigenvalue weighted by Crippen LogP contribution is 2.42. The van der Waals surface area contributed by atoms with Crippen LogP contribution in [0, 0.1) is 5.92 Å². The van der Waals surface area contributed by atoms with Crippen LogP contribution in [0.4, 0.5) is 0 Å². The standard InChI is InChI=1S/C44H32N2/c1-28-17-22-44-40(23-28)37-13-4-7-16-43(37)46(44)34-21-20-32-24-31-19-18-30(26-38(31)39(32)27-34)29-9-8-10-33(25-29)45-41-14-5-2-11-35(41)36-12-3-6-15-42(36)45/h2-22,25-28H,23-24H2,1H3. The highest BCUT2D eigenvalue weighted by molar-refractivity contribution is 6.09. The fourth-order valence-electron chi connectivity index (χ4n) is 8.14. The molecule has 2 heteroatoms. The zero-order chi connectivity index (χ0) is 30.4. The first kappa shape index (κ1) is 25.7. The molecule has 2 aromatic heterocycles. The van der Waals surface area contributed by atoms with Gasteiger partial charge >= 0.3 is 0 Å². The van der Waals surface area contributed by atoms with Crippen LogP contribution in [0.5, 0.6) is 0 Å². The molecule has 0 amide bonds. The van der Waals surface area contributed by atoms with E-state index in [0.29, 0.717) is 5.92 Å². The van der Waals surface area contributed by atoms with Gasteiger partial charge in [0.15, 0.2) is 0 Å². The maximum Gasteiger partial charge on any atom is 0.0541 e. The van der Waals surface area contributed by atoms with Crippen molar-refractivity contribution in [3.05, 3.63) is 162 Å². The summed E-state index contributed by atoms with van der Waals surface area (Å²) in [5, 5.41) is 3.95. The van der Waals surface area contributed by atoms with Gasteiger partial charge in [-0.25, -0.2) is 0 Å². The van der Waals surface area contributed by atoms with Gasteiger partial charge in [-0.05, 0) is 112 Å². The number of aromatic nitrogens is 2. The Bertz CT molecular complexity index is 2500. The van der Waals surface area contributed by atoms with Crippen LogP contribution in [0.1, 0.15) is 29.3 Å². The summed E-state index contributed by atoms with van der Waals surface area (Å²) < 4.78 is 4.88. The fraction of sp³-hybridized carbons (Fsp3) is 0.0909. The number of fused-ring (bicyclic) bond motifs is 9. The number of nitrogens with zero attached hydrogens (tertiary/aromatic N) is 2. The van der Waals surface area contributed by atoms with Gasteiger partial charge in [-0.3, -0.25) is 0 Å². The summed E-state index contributed by atoms with van der Waals surface area (Å²) in [6.45, 7) is 2.31. The van der Waals surface area contributed by atoms with Crippen molar-refractivity contribution in [2.75, 3.05) is 0 Å². The number of allylic oxidation sites excluding steroid dienone is 1. The number of para-hydroxylation sites is 3. The lowest BCUT2D eigenvalue weighted by Gasteiger charge is -2.16. The molecule has 2 heterocycles. The predicted octanol–water partition coefficient (Wildman–Crippen LogP) is 11.2. The average Bonchev–Trinajstić information content (AvgIpc) is 3.75. The van der Waals surface area contributed by atoms with Crippen LogP contribution < -0.4 is 0 Å². The minimum Gasteiger partial charge on any atom is -0.310 e. The Morgan fingerprint density at radius 2 is 1.13 bits per heavy atom. The van der Waals surface area contributed by atoms with E-state index < -0.39 is 0 Å². The number of hydrogen-bond acceptors (Lipinski definition) is 0. The van der Waals surface area contributed by atoms with E-state index in [1.54, 1.807) is 0 Å². The maximum atomic E-state index is 2.48. The normalized spacial score (nSPS) is 15.0. The first-order valence-corrected chi connectivity index (χ1v) is 16.4. The van der Waals surface area contributed by atoms with E-state index in [0.717, 1.165) is 12.8 Å². The van der Waals surface area contributed by atoms with E-state index in [1.807, 2.05) is 0 Å². The van der Waals surface area contributed by atoms with E-state index in [2.05, 4.69) is 162 Å². The van der Waals surface area contributed by atoms with Gasteiger partial charge in [0.2, 0.25) is 0 Å². The number of benzene rings is 6. The molecule has 2 aliphatic carbocycles. The van der Waals surface area contributed by atoms with Crippen molar-refractivity contribution in [1.29, 1.82) is 0 Å². The largest absolute Gasteiger partial charge is 0.310 e. The van der Waals surface area contributed by atoms with E-state index in [-0.39, 0.29) is 0 Å². The van der Waals surface area contributed by atoms with E-state index in [1.165, 1.54) is 88.7 Å². The Kier molecular flexibility index (Phi) is 5.42. The van der Waals surface area contributed by atoms with Crippen LogP contribution in [0.2, 0.25) is 0 Å². The zero-order valence-electron chi connectivity index (χ0n) is 25.7. The van der Waals surface area contributed by atoms with Crippen molar-refractivity contribution < 1.29 is 0 Å². The molecule has 0 spiro atoms. The Morgan fingerprint density at radius 3 is 1.89 bits per heavy atom. The third-order valence-electron chi connectivity index (χ3n) is 10.3. The highest BCUT2D eigenvalue weighted by Gasteiger charge is 2.24. The first-order valence-electron chi connectivity index (χ1n) is 16.4. The van der Waals surface area contributed by atoms with Crippen LogP contribution in [-0.4, -0.2) is 9.13 Å². The Balaban J connectivity index is 1.10. The quantitative estimate of drug-likeness (QED) is 0.194. The fourth-order valence-corrected chi connectivity index (χ4v) is 8.14. The molecule has 1 atom stereocenters. The predicted molar refractivity (Wildman–Crippen MR) is 193 cm³/mol. The molecule has 0 saturated heterocycles. The SMILES string of the molecule is CC1C=Cc2c(c3ccccc3n2-c2ccc3c(c2)-c2cc(-c4cccc(-n5c6ccccc6c6ccccc65)c4)ccc2C3)C1. The zero-order valence-corrected chi connectivity index (χ0v) is 25.7. The molecule has 0 radical (unpaired) electrons. The Hall–Kier alpha value is -5.60. The van der Waals surface area contributed by atoms with Crippen molar-refractivity contribution in [2.24, 2.45) is 5.92 Å². The molecule has 8 aromatic rings. The van der Waals surface area contributed by atoms with Gasteiger partial charge in [-0.1, -0.05) is 97.9 Å². The summed E-state index contributed by atoms with van der Waals surface area (Å²) in [4.78, 5) is 0.